The Morgan fingerprint density at radius 1 is 1.14 bits per heavy atom. The van der Waals surface area contributed by atoms with E-state index in [0.717, 1.165) is 5.56 Å². The third-order valence-corrected chi connectivity index (χ3v) is 3.72. The first-order chi connectivity index (χ1) is 13.5. The quantitative estimate of drug-likeness (QED) is 0.397. The molecule has 0 saturated carbocycles. The first-order valence-electron chi connectivity index (χ1n) is 8.39. The Labute approximate surface area is 161 Å². The molecule has 1 N–H and O–H groups in total. The van der Waals surface area contributed by atoms with Crippen LogP contribution < -0.4 is 14.8 Å². The highest BCUT2D eigenvalue weighted by Crippen LogP contribution is 2.28. The number of anilines is 1. The van der Waals surface area contributed by atoms with Gasteiger partial charge >= 0.3 is 5.97 Å². The summed E-state index contributed by atoms with van der Waals surface area (Å²) in [5.74, 6) is 0.574. The van der Waals surface area contributed by atoms with Gasteiger partial charge in [0.15, 0.2) is 23.7 Å². The molecule has 0 fully saturated rings. The zero-order chi connectivity index (χ0) is 19.9. The fourth-order valence-electron chi connectivity index (χ4n) is 2.50. The summed E-state index contributed by atoms with van der Waals surface area (Å²) in [5.41, 5.74) is 2.11. The van der Waals surface area contributed by atoms with E-state index < -0.39 is 5.97 Å². The lowest BCUT2D eigenvalue weighted by Crippen LogP contribution is -2.07. The van der Waals surface area contributed by atoms with Crippen molar-refractivity contribution in [2.75, 3.05) is 12.4 Å². The Morgan fingerprint density at radius 3 is 2.71 bits per heavy atom. The van der Waals surface area contributed by atoms with Crippen LogP contribution in [0.25, 0.3) is 17.4 Å². The summed E-state index contributed by atoms with van der Waals surface area (Å²) in [6, 6.07) is 12.3. The minimum absolute atomic E-state index is 0.289. The van der Waals surface area contributed by atoms with E-state index in [1.807, 2.05) is 12.1 Å². The van der Waals surface area contributed by atoms with Crippen molar-refractivity contribution in [3.05, 3.63) is 66.7 Å². The molecule has 0 bridgehead atoms. The Kier molecular flexibility index (Phi) is 5.86. The number of ether oxygens (including phenoxy) is 2. The molecule has 0 aliphatic heterocycles. The van der Waals surface area contributed by atoms with Crippen molar-refractivity contribution in [3.63, 3.8) is 0 Å². The van der Waals surface area contributed by atoms with Crippen molar-refractivity contribution >= 4 is 23.6 Å². The van der Waals surface area contributed by atoms with Crippen molar-refractivity contribution in [3.8, 4) is 22.8 Å². The number of oxazole rings is 1. The second-order valence-electron chi connectivity index (χ2n) is 5.77. The van der Waals surface area contributed by atoms with E-state index in [9.17, 15) is 9.59 Å². The summed E-state index contributed by atoms with van der Waals surface area (Å²) in [6.45, 7) is 1.31. The SMILES string of the molecule is COc1ccc(C=CC(=O)Nc2cccc(-c3cnco3)c2)cc1OC(C)=O. The molecule has 0 aliphatic carbocycles. The molecule has 1 heterocycles. The van der Waals surface area contributed by atoms with Crippen LogP contribution in [0, 0.1) is 0 Å². The van der Waals surface area contributed by atoms with E-state index in [0.29, 0.717) is 22.8 Å². The molecule has 0 spiro atoms. The fourth-order valence-corrected chi connectivity index (χ4v) is 2.50. The van der Waals surface area contributed by atoms with Gasteiger partial charge in [-0.25, -0.2) is 4.98 Å². The highest BCUT2D eigenvalue weighted by atomic mass is 16.6. The van der Waals surface area contributed by atoms with Gasteiger partial charge in [0.1, 0.15) is 0 Å². The van der Waals surface area contributed by atoms with E-state index in [-0.39, 0.29) is 11.7 Å². The number of carbonyl (C=O) groups excluding carboxylic acids is 2. The normalized spacial score (nSPS) is 10.6. The highest BCUT2D eigenvalue weighted by molar-refractivity contribution is 6.02. The minimum atomic E-state index is -0.455. The molecule has 0 atom stereocenters. The summed E-state index contributed by atoms with van der Waals surface area (Å²) in [7, 11) is 1.48. The number of nitrogens with one attached hydrogen (secondary N) is 1. The molecule has 0 unspecified atom stereocenters. The number of rotatable bonds is 6. The van der Waals surface area contributed by atoms with E-state index in [4.69, 9.17) is 13.9 Å². The average Bonchev–Trinajstić information content (AvgIpc) is 3.21. The molecule has 7 heteroatoms. The van der Waals surface area contributed by atoms with Crippen molar-refractivity contribution in [2.24, 2.45) is 0 Å². The standard InChI is InChI=1S/C21H18N2O5/c1-14(24)28-19-10-15(6-8-18(19)26-2)7-9-21(25)23-17-5-3-4-16(11-17)20-12-22-13-27-20/h3-13H,1-2H3,(H,23,25). The number of carbonyl (C=O) groups is 2. The van der Waals surface area contributed by atoms with Gasteiger partial charge in [0.2, 0.25) is 5.91 Å². The third-order valence-electron chi connectivity index (χ3n) is 3.72. The number of hydrogen-bond donors (Lipinski definition) is 1. The lowest BCUT2D eigenvalue weighted by atomic mass is 10.1. The number of esters is 1. The predicted molar refractivity (Wildman–Crippen MR) is 104 cm³/mol. The number of nitrogens with zero attached hydrogens (tertiary/aromatic N) is 1. The molecule has 1 aromatic heterocycles. The van der Waals surface area contributed by atoms with E-state index in [1.165, 1.54) is 26.5 Å². The van der Waals surface area contributed by atoms with Crippen molar-refractivity contribution < 1.29 is 23.5 Å². The number of benzene rings is 2. The van der Waals surface area contributed by atoms with Crippen LogP contribution in [-0.4, -0.2) is 24.0 Å². The van der Waals surface area contributed by atoms with Crippen LogP contribution in [0.2, 0.25) is 0 Å². The molecule has 2 aromatic carbocycles. The molecule has 142 valence electrons. The van der Waals surface area contributed by atoms with Crippen LogP contribution >= 0.6 is 0 Å². The number of hydrogen-bond acceptors (Lipinski definition) is 6. The van der Waals surface area contributed by atoms with Crippen LogP contribution in [-0.2, 0) is 9.59 Å². The van der Waals surface area contributed by atoms with Gasteiger partial charge in [-0.15, -0.1) is 0 Å². The van der Waals surface area contributed by atoms with Gasteiger partial charge in [-0.05, 0) is 35.9 Å². The van der Waals surface area contributed by atoms with Crippen LogP contribution in [0.5, 0.6) is 11.5 Å². The molecule has 28 heavy (non-hydrogen) atoms. The molecule has 3 rings (SSSR count). The summed E-state index contributed by atoms with van der Waals surface area (Å²) in [5, 5.41) is 2.79. The van der Waals surface area contributed by atoms with E-state index in [2.05, 4.69) is 10.3 Å². The monoisotopic (exact) mass is 378 g/mol. The lowest BCUT2D eigenvalue weighted by Gasteiger charge is -2.08. The van der Waals surface area contributed by atoms with Gasteiger partial charge in [0.05, 0.1) is 13.3 Å². The Balaban J connectivity index is 1.70. The largest absolute Gasteiger partial charge is 0.493 e. The van der Waals surface area contributed by atoms with Crippen LogP contribution in [0.4, 0.5) is 5.69 Å². The summed E-state index contributed by atoms with van der Waals surface area (Å²) in [6.07, 6.45) is 5.95. The average molecular weight is 378 g/mol. The van der Waals surface area contributed by atoms with Crippen molar-refractivity contribution in [1.29, 1.82) is 0 Å². The van der Waals surface area contributed by atoms with Crippen molar-refractivity contribution in [2.45, 2.75) is 6.92 Å². The van der Waals surface area contributed by atoms with Crippen molar-refractivity contribution in [1.82, 2.24) is 4.98 Å². The van der Waals surface area contributed by atoms with Gasteiger partial charge in [-0.2, -0.15) is 0 Å². The molecular formula is C21H18N2O5. The Morgan fingerprint density at radius 2 is 2.00 bits per heavy atom. The lowest BCUT2D eigenvalue weighted by molar-refractivity contribution is -0.132. The van der Waals surface area contributed by atoms with E-state index >= 15 is 0 Å². The van der Waals surface area contributed by atoms with Gasteiger partial charge in [0.25, 0.3) is 0 Å². The molecule has 0 aliphatic rings. The molecule has 3 aromatic rings. The molecule has 1 amide bonds. The first kappa shape index (κ1) is 18.9. The summed E-state index contributed by atoms with van der Waals surface area (Å²) in [4.78, 5) is 27.3. The maximum absolute atomic E-state index is 12.2. The zero-order valence-electron chi connectivity index (χ0n) is 15.3. The summed E-state index contributed by atoms with van der Waals surface area (Å²) < 4.78 is 15.5. The maximum atomic E-state index is 12.2. The first-order valence-corrected chi connectivity index (χ1v) is 8.39. The van der Waals surface area contributed by atoms with Crippen LogP contribution in [0.3, 0.4) is 0 Å². The Bertz CT molecular complexity index is 1010. The smallest absolute Gasteiger partial charge is 0.308 e. The predicted octanol–water partition coefficient (Wildman–Crippen LogP) is 3.93. The van der Waals surface area contributed by atoms with Gasteiger partial charge < -0.3 is 19.2 Å². The van der Waals surface area contributed by atoms with Gasteiger partial charge in [-0.3, -0.25) is 9.59 Å². The van der Waals surface area contributed by atoms with Crippen LogP contribution in [0.1, 0.15) is 12.5 Å². The number of methoxy groups -OCH3 is 1. The van der Waals surface area contributed by atoms with Gasteiger partial charge in [0, 0.05) is 24.3 Å². The zero-order valence-corrected chi connectivity index (χ0v) is 15.3. The second-order valence-corrected chi connectivity index (χ2v) is 5.77. The highest BCUT2D eigenvalue weighted by Gasteiger charge is 2.08. The Hall–Kier alpha value is -3.87. The topological polar surface area (TPSA) is 90.7 Å². The molecular weight excluding hydrogens is 360 g/mol. The van der Waals surface area contributed by atoms with Crippen LogP contribution in [0.15, 0.2) is 65.5 Å². The number of aromatic nitrogens is 1. The van der Waals surface area contributed by atoms with E-state index in [1.54, 1.807) is 42.6 Å². The third kappa shape index (κ3) is 4.85. The fraction of sp³-hybridized carbons (Fsp3) is 0.0952. The molecule has 0 radical (unpaired) electrons. The second kappa shape index (κ2) is 8.68. The minimum Gasteiger partial charge on any atom is -0.493 e. The molecule has 7 nitrogen and oxygen atoms in total. The summed E-state index contributed by atoms with van der Waals surface area (Å²) >= 11 is 0. The molecule has 0 saturated heterocycles. The van der Waals surface area contributed by atoms with Gasteiger partial charge in [-0.1, -0.05) is 18.2 Å². The maximum Gasteiger partial charge on any atom is 0.308 e. The number of amides is 1.